The summed E-state index contributed by atoms with van der Waals surface area (Å²) in [5, 5.41) is 6.30. The Morgan fingerprint density at radius 2 is 2.05 bits per heavy atom. The molecule has 2 rings (SSSR count). The molecule has 0 saturated carbocycles. The molecule has 0 aliphatic heterocycles. The van der Waals surface area contributed by atoms with Crippen LogP contribution in [0.5, 0.6) is 0 Å². The Kier molecular flexibility index (Phi) is 4.01. The van der Waals surface area contributed by atoms with E-state index in [0.29, 0.717) is 17.2 Å². The first-order valence-electron chi connectivity index (χ1n) is 5.70. The number of hydrogen-bond acceptors (Lipinski definition) is 2. The quantitative estimate of drug-likeness (QED) is 0.681. The fourth-order valence-corrected chi connectivity index (χ4v) is 2.11. The van der Waals surface area contributed by atoms with Gasteiger partial charge in [0, 0.05) is 6.54 Å². The van der Waals surface area contributed by atoms with E-state index in [0.717, 1.165) is 12.1 Å². The largest absolute Gasteiger partial charge is 0.300 e. The standard InChI is InChI=1S/C12H12ClF2N3S/c1-6(2)5-18-11(16-17-12(18)19)7-3-10(15)8(13)4-9(7)14/h3-4,6H,5H2,1-2H3,(H,17,19). The molecule has 1 N–H and O–H groups in total. The van der Waals surface area contributed by atoms with Crippen LogP contribution in [0.15, 0.2) is 12.1 Å². The van der Waals surface area contributed by atoms with Gasteiger partial charge in [0.1, 0.15) is 11.6 Å². The number of nitrogens with one attached hydrogen (secondary N) is 1. The Bertz CT molecular complexity index is 663. The predicted molar refractivity (Wildman–Crippen MR) is 72.6 cm³/mol. The van der Waals surface area contributed by atoms with E-state index in [4.69, 9.17) is 23.8 Å². The van der Waals surface area contributed by atoms with Gasteiger partial charge in [-0.3, -0.25) is 9.67 Å². The molecule has 2 aromatic rings. The Morgan fingerprint density at radius 1 is 1.37 bits per heavy atom. The number of rotatable bonds is 3. The molecule has 3 nitrogen and oxygen atoms in total. The van der Waals surface area contributed by atoms with Gasteiger partial charge >= 0.3 is 0 Å². The minimum atomic E-state index is -0.692. The highest BCUT2D eigenvalue weighted by Gasteiger charge is 2.16. The lowest BCUT2D eigenvalue weighted by atomic mass is 10.1. The number of hydrogen-bond donors (Lipinski definition) is 1. The second kappa shape index (κ2) is 5.38. The average Bonchev–Trinajstić information content (AvgIpc) is 2.65. The molecule has 1 aromatic carbocycles. The number of aromatic nitrogens is 3. The molecule has 0 fully saturated rings. The summed E-state index contributed by atoms with van der Waals surface area (Å²) in [6.45, 7) is 4.56. The first-order valence-corrected chi connectivity index (χ1v) is 6.49. The highest BCUT2D eigenvalue weighted by molar-refractivity contribution is 7.71. The molecule has 1 heterocycles. The number of halogens is 3. The molecule has 0 unspecified atom stereocenters. The van der Waals surface area contributed by atoms with E-state index in [-0.39, 0.29) is 16.4 Å². The minimum Gasteiger partial charge on any atom is -0.300 e. The van der Waals surface area contributed by atoms with Crippen LogP contribution in [0.25, 0.3) is 11.4 Å². The van der Waals surface area contributed by atoms with Crippen molar-refractivity contribution in [2.24, 2.45) is 5.92 Å². The maximum atomic E-state index is 13.9. The van der Waals surface area contributed by atoms with Crippen LogP contribution in [-0.4, -0.2) is 14.8 Å². The van der Waals surface area contributed by atoms with Crippen LogP contribution in [0.4, 0.5) is 8.78 Å². The van der Waals surface area contributed by atoms with Gasteiger partial charge in [-0.2, -0.15) is 5.10 Å². The van der Waals surface area contributed by atoms with Crippen molar-refractivity contribution in [1.29, 1.82) is 0 Å². The summed E-state index contributed by atoms with van der Waals surface area (Å²) in [5.74, 6) is -0.761. The summed E-state index contributed by atoms with van der Waals surface area (Å²) in [6.07, 6.45) is 0. The predicted octanol–water partition coefficient (Wildman–Crippen LogP) is 4.20. The van der Waals surface area contributed by atoms with Gasteiger partial charge in [-0.15, -0.1) is 0 Å². The zero-order valence-corrected chi connectivity index (χ0v) is 11.9. The van der Waals surface area contributed by atoms with E-state index in [1.807, 2.05) is 13.8 Å². The first-order chi connectivity index (χ1) is 8.90. The van der Waals surface area contributed by atoms with Crippen molar-refractivity contribution in [3.05, 3.63) is 33.6 Å². The normalized spacial score (nSPS) is 11.3. The number of benzene rings is 1. The molecule has 102 valence electrons. The lowest BCUT2D eigenvalue weighted by Gasteiger charge is -2.10. The third kappa shape index (κ3) is 2.84. The van der Waals surface area contributed by atoms with Crippen molar-refractivity contribution in [3.63, 3.8) is 0 Å². The minimum absolute atomic E-state index is 0.0369. The first kappa shape index (κ1) is 14.1. The maximum absolute atomic E-state index is 13.9. The molecular weight excluding hydrogens is 292 g/mol. The van der Waals surface area contributed by atoms with E-state index >= 15 is 0 Å². The summed E-state index contributed by atoms with van der Waals surface area (Å²) in [6, 6.07) is 1.96. The van der Waals surface area contributed by atoms with E-state index in [2.05, 4.69) is 10.2 Å². The van der Waals surface area contributed by atoms with Gasteiger partial charge < -0.3 is 0 Å². The van der Waals surface area contributed by atoms with Crippen LogP contribution in [0.3, 0.4) is 0 Å². The fourth-order valence-electron chi connectivity index (χ4n) is 1.75. The van der Waals surface area contributed by atoms with Crippen molar-refractivity contribution >= 4 is 23.8 Å². The van der Waals surface area contributed by atoms with E-state index in [1.165, 1.54) is 0 Å². The number of H-pyrrole nitrogens is 1. The van der Waals surface area contributed by atoms with Gasteiger partial charge in [-0.1, -0.05) is 25.4 Å². The molecular formula is C12H12ClF2N3S. The Labute approximate surface area is 119 Å². The number of aromatic amines is 1. The molecule has 0 bridgehead atoms. The summed E-state index contributed by atoms with van der Waals surface area (Å²) >= 11 is 10.6. The van der Waals surface area contributed by atoms with Gasteiger partial charge in [0.15, 0.2) is 10.6 Å². The summed E-state index contributed by atoms with van der Waals surface area (Å²) in [7, 11) is 0. The molecule has 0 saturated heterocycles. The van der Waals surface area contributed by atoms with Crippen molar-refractivity contribution < 1.29 is 8.78 Å². The van der Waals surface area contributed by atoms with Gasteiger partial charge in [0.05, 0.1) is 10.6 Å². The monoisotopic (exact) mass is 303 g/mol. The zero-order chi connectivity index (χ0) is 14.2. The zero-order valence-electron chi connectivity index (χ0n) is 10.4. The van der Waals surface area contributed by atoms with Crippen molar-refractivity contribution in [3.8, 4) is 11.4 Å². The topological polar surface area (TPSA) is 33.6 Å². The second-order valence-electron chi connectivity index (χ2n) is 4.60. The van der Waals surface area contributed by atoms with Crippen LogP contribution < -0.4 is 0 Å². The average molecular weight is 304 g/mol. The molecule has 0 aliphatic rings. The van der Waals surface area contributed by atoms with Crippen LogP contribution >= 0.6 is 23.8 Å². The third-order valence-electron chi connectivity index (χ3n) is 2.56. The van der Waals surface area contributed by atoms with Gasteiger partial charge in [-0.05, 0) is 30.3 Å². The van der Waals surface area contributed by atoms with Crippen molar-refractivity contribution in [2.75, 3.05) is 0 Å². The summed E-state index contributed by atoms with van der Waals surface area (Å²) < 4.78 is 29.4. The van der Waals surface area contributed by atoms with Crippen molar-refractivity contribution in [1.82, 2.24) is 14.8 Å². The molecule has 0 spiro atoms. The molecule has 19 heavy (non-hydrogen) atoms. The van der Waals surface area contributed by atoms with Gasteiger partial charge in [-0.25, -0.2) is 8.78 Å². The van der Waals surface area contributed by atoms with E-state index < -0.39 is 11.6 Å². The lowest BCUT2D eigenvalue weighted by Crippen LogP contribution is -2.07. The van der Waals surface area contributed by atoms with Crippen molar-refractivity contribution in [2.45, 2.75) is 20.4 Å². The highest BCUT2D eigenvalue weighted by atomic mass is 35.5. The van der Waals surface area contributed by atoms with Crippen LogP contribution in [0.2, 0.25) is 5.02 Å². The molecule has 7 heteroatoms. The highest BCUT2D eigenvalue weighted by Crippen LogP contribution is 2.27. The molecule has 0 aliphatic carbocycles. The molecule has 0 amide bonds. The SMILES string of the molecule is CC(C)Cn1c(-c2cc(F)c(Cl)cc2F)n[nH]c1=S. The van der Waals surface area contributed by atoms with Crippen LogP contribution in [0.1, 0.15) is 13.8 Å². The smallest absolute Gasteiger partial charge is 0.195 e. The molecule has 0 atom stereocenters. The summed E-state index contributed by atoms with van der Waals surface area (Å²) in [4.78, 5) is 0. The second-order valence-corrected chi connectivity index (χ2v) is 5.40. The summed E-state index contributed by atoms with van der Waals surface area (Å²) in [5.41, 5.74) is 0.0369. The Hall–Kier alpha value is -1.27. The van der Waals surface area contributed by atoms with E-state index in [9.17, 15) is 8.78 Å². The number of nitrogens with zero attached hydrogens (tertiary/aromatic N) is 2. The Balaban J connectivity index is 2.59. The lowest BCUT2D eigenvalue weighted by molar-refractivity contribution is 0.519. The van der Waals surface area contributed by atoms with Gasteiger partial charge in [0.2, 0.25) is 0 Å². The Morgan fingerprint density at radius 3 is 2.68 bits per heavy atom. The van der Waals surface area contributed by atoms with Crippen LogP contribution in [-0.2, 0) is 6.54 Å². The van der Waals surface area contributed by atoms with Gasteiger partial charge in [0.25, 0.3) is 0 Å². The third-order valence-corrected chi connectivity index (χ3v) is 3.16. The molecule has 0 radical (unpaired) electrons. The van der Waals surface area contributed by atoms with Crippen LogP contribution in [0, 0.1) is 22.3 Å². The fraction of sp³-hybridized carbons (Fsp3) is 0.333. The molecule has 1 aromatic heterocycles. The maximum Gasteiger partial charge on any atom is 0.195 e. The van der Waals surface area contributed by atoms with E-state index in [1.54, 1.807) is 4.57 Å².